The molecule has 0 radical (unpaired) electrons. The van der Waals surface area contributed by atoms with E-state index in [9.17, 15) is 4.79 Å². The highest BCUT2D eigenvalue weighted by molar-refractivity contribution is 5.90. The summed E-state index contributed by atoms with van der Waals surface area (Å²) in [6, 6.07) is 5.84. The molecule has 94 valence electrons. The summed E-state index contributed by atoms with van der Waals surface area (Å²) in [7, 11) is 0. The molecule has 0 atom stereocenters. The number of hydrogen-bond acceptors (Lipinski definition) is 2. The summed E-state index contributed by atoms with van der Waals surface area (Å²) in [5.41, 5.74) is 3.16. The molecular weight excluding hydrogens is 216 g/mol. The Hall–Kier alpha value is -1.55. The molecule has 1 rings (SSSR count). The van der Waals surface area contributed by atoms with Crippen molar-refractivity contribution in [2.45, 2.75) is 26.7 Å². The number of nitrogens with one attached hydrogen (secondary N) is 2. The molecule has 2 amide bonds. The zero-order valence-electron chi connectivity index (χ0n) is 10.4. The SMILES string of the molecule is CCc1ccc(CC)c(NC(=O)NCCO)c1. The predicted octanol–water partition coefficient (Wildman–Crippen LogP) is 1.93. The van der Waals surface area contributed by atoms with Crippen LogP contribution in [0.15, 0.2) is 18.2 Å². The molecule has 4 heteroatoms. The molecule has 0 aliphatic heterocycles. The first-order valence-electron chi connectivity index (χ1n) is 5.98. The van der Waals surface area contributed by atoms with Gasteiger partial charge in [0.2, 0.25) is 0 Å². The first-order chi connectivity index (χ1) is 8.21. The highest BCUT2D eigenvalue weighted by atomic mass is 16.3. The van der Waals surface area contributed by atoms with Crippen molar-refractivity contribution in [3.8, 4) is 0 Å². The average Bonchev–Trinajstić information content (AvgIpc) is 2.36. The van der Waals surface area contributed by atoms with Crippen molar-refractivity contribution >= 4 is 11.7 Å². The van der Waals surface area contributed by atoms with Gasteiger partial charge in [-0.2, -0.15) is 0 Å². The lowest BCUT2D eigenvalue weighted by atomic mass is 10.1. The Kier molecular flexibility index (Phi) is 5.49. The lowest BCUT2D eigenvalue weighted by molar-refractivity contribution is 0.245. The number of aryl methyl sites for hydroxylation is 2. The van der Waals surface area contributed by atoms with Gasteiger partial charge >= 0.3 is 6.03 Å². The summed E-state index contributed by atoms with van der Waals surface area (Å²) in [6.07, 6.45) is 1.82. The Morgan fingerprint density at radius 2 is 2.06 bits per heavy atom. The minimum absolute atomic E-state index is 0.0525. The minimum atomic E-state index is -0.276. The van der Waals surface area contributed by atoms with E-state index in [1.165, 1.54) is 5.56 Å². The van der Waals surface area contributed by atoms with Crippen molar-refractivity contribution in [2.75, 3.05) is 18.5 Å². The molecule has 0 heterocycles. The van der Waals surface area contributed by atoms with Crippen LogP contribution in [-0.4, -0.2) is 24.3 Å². The molecule has 0 spiro atoms. The highest BCUT2D eigenvalue weighted by Gasteiger charge is 2.05. The normalized spacial score (nSPS) is 10.1. The number of carbonyl (C=O) groups excluding carboxylic acids is 1. The van der Waals surface area contributed by atoms with Crippen molar-refractivity contribution in [1.29, 1.82) is 0 Å². The van der Waals surface area contributed by atoms with Crippen LogP contribution in [0.3, 0.4) is 0 Å². The molecule has 0 aliphatic carbocycles. The summed E-state index contributed by atoms with van der Waals surface area (Å²) in [4.78, 5) is 11.5. The van der Waals surface area contributed by atoms with E-state index in [1.54, 1.807) is 0 Å². The van der Waals surface area contributed by atoms with Gasteiger partial charge in [0.15, 0.2) is 0 Å². The van der Waals surface area contributed by atoms with E-state index in [2.05, 4.69) is 30.5 Å². The Balaban J connectivity index is 2.76. The van der Waals surface area contributed by atoms with Crippen LogP contribution in [-0.2, 0) is 12.8 Å². The largest absolute Gasteiger partial charge is 0.395 e. The van der Waals surface area contributed by atoms with Gasteiger partial charge in [0.25, 0.3) is 0 Å². The van der Waals surface area contributed by atoms with E-state index in [0.29, 0.717) is 0 Å². The number of aliphatic hydroxyl groups excluding tert-OH is 1. The fraction of sp³-hybridized carbons (Fsp3) is 0.462. The maximum Gasteiger partial charge on any atom is 0.319 e. The quantitative estimate of drug-likeness (QED) is 0.731. The highest BCUT2D eigenvalue weighted by Crippen LogP contribution is 2.18. The van der Waals surface area contributed by atoms with E-state index < -0.39 is 0 Å². The summed E-state index contributed by atoms with van der Waals surface area (Å²) in [6.45, 7) is 4.35. The maximum atomic E-state index is 11.5. The Morgan fingerprint density at radius 3 is 2.65 bits per heavy atom. The lowest BCUT2D eigenvalue weighted by Crippen LogP contribution is -2.31. The molecule has 1 aromatic rings. The molecule has 17 heavy (non-hydrogen) atoms. The van der Waals surface area contributed by atoms with Gasteiger partial charge in [-0.15, -0.1) is 0 Å². The molecule has 0 aromatic heterocycles. The Bertz CT molecular complexity index is 378. The van der Waals surface area contributed by atoms with Gasteiger partial charge < -0.3 is 15.7 Å². The molecule has 0 fully saturated rings. The van der Waals surface area contributed by atoms with Crippen LogP contribution in [0, 0.1) is 0 Å². The van der Waals surface area contributed by atoms with Crippen molar-refractivity contribution in [3.05, 3.63) is 29.3 Å². The van der Waals surface area contributed by atoms with Crippen LogP contribution >= 0.6 is 0 Å². The fourth-order valence-electron chi connectivity index (χ4n) is 1.60. The fourth-order valence-corrected chi connectivity index (χ4v) is 1.60. The lowest BCUT2D eigenvalue weighted by Gasteiger charge is -2.12. The van der Waals surface area contributed by atoms with E-state index >= 15 is 0 Å². The smallest absolute Gasteiger partial charge is 0.319 e. The summed E-state index contributed by atoms with van der Waals surface area (Å²) in [5.74, 6) is 0. The molecule has 0 saturated carbocycles. The maximum absolute atomic E-state index is 11.5. The summed E-state index contributed by atoms with van der Waals surface area (Å²) < 4.78 is 0. The van der Waals surface area contributed by atoms with Crippen LogP contribution in [0.5, 0.6) is 0 Å². The zero-order valence-corrected chi connectivity index (χ0v) is 10.4. The summed E-state index contributed by atoms with van der Waals surface area (Å²) in [5, 5.41) is 14.0. The molecule has 1 aromatic carbocycles. The van der Waals surface area contributed by atoms with Crippen LogP contribution in [0.25, 0.3) is 0 Å². The van der Waals surface area contributed by atoms with E-state index in [1.807, 2.05) is 12.1 Å². The number of aliphatic hydroxyl groups is 1. The summed E-state index contributed by atoms with van der Waals surface area (Å²) >= 11 is 0. The molecular formula is C13H20N2O2. The number of urea groups is 1. The third-order valence-corrected chi connectivity index (χ3v) is 2.61. The average molecular weight is 236 g/mol. The van der Waals surface area contributed by atoms with Crippen LogP contribution < -0.4 is 10.6 Å². The van der Waals surface area contributed by atoms with E-state index in [4.69, 9.17) is 5.11 Å². The van der Waals surface area contributed by atoms with E-state index in [0.717, 1.165) is 24.1 Å². The van der Waals surface area contributed by atoms with Gasteiger partial charge in [-0.25, -0.2) is 4.79 Å². The van der Waals surface area contributed by atoms with Gasteiger partial charge in [-0.05, 0) is 30.0 Å². The van der Waals surface area contributed by atoms with Gasteiger partial charge in [0.05, 0.1) is 6.61 Å². The second-order valence-corrected chi connectivity index (χ2v) is 3.80. The standard InChI is InChI=1S/C13H20N2O2/c1-3-10-5-6-11(4-2)12(9-10)15-13(17)14-7-8-16/h5-6,9,16H,3-4,7-8H2,1-2H3,(H2,14,15,17). The molecule has 4 nitrogen and oxygen atoms in total. The molecule has 0 saturated heterocycles. The third-order valence-electron chi connectivity index (χ3n) is 2.61. The Labute approximate surface area is 102 Å². The van der Waals surface area contributed by atoms with Crippen LogP contribution in [0.1, 0.15) is 25.0 Å². The third kappa shape index (κ3) is 4.07. The van der Waals surface area contributed by atoms with Crippen molar-refractivity contribution in [1.82, 2.24) is 5.32 Å². The van der Waals surface area contributed by atoms with Gasteiger partial charge in [0, 0.05) is 12.2 Å². The van der Waals surface area contributed by atoms with Gasteiger partial charge in [0.1, 0.15) is 0 Å². The van der Waals surface area contributed by atoms with Crippen LogP contribution in [0.2, 0.25) is 0 Å². The first kappa shape index (κ1) is 13.5. The number of rotatable bonds is 5. The Morgan fingerprint density at radius 1 is 1.29 bits per heavy atom. The number of carbonyl (C=O) groups is 1. The molecule has 0 unspecified atom stereocenters. The van der Waals surface area contributed by atoms with Crippen LogP contribution in [0.4, 0.5) is 10.5 Å². The number of hydrogen-bond donors (Lipinski definition) is 3. The second-order valence-electron chi connectivity index (χ2n) is 3.80. The predicted molar refractivity (Wildman–Crippen MR) is 69.3 cm³/mol. The second kappa shape index (κ2) is 6.91. The molecule has 3 N–H and O–H groups in total. The number of amides is 2. The van der Waals surface area contributed by atoms with Gasteiger partial charge in [-0.3, -0.25) is 0 Å². The number of anilines is 1. The molecule has 0 bridgehead atoms. The first-order valence-corrected chi connectivity index (χ1v) is 5.98. The van der Waals surface area contributed by atoms with Gasteiger partial charge in [-0.1, -0.05) is 26.0 Å². The van der Waals surface area contributed by atoms with Crippen molar-refractivity contribution < 1.29 is 9.90 Å². The number of benzene rings is 1. The zero-order chi connectivity index (χ0) is 12.7. The van der Waals surface area contributed by atoms with E-state index in [-0.39, 0.29) is 19.2 Å². The molecule has 0 aliphatic rings. The minimum Gasteiger partial charge on any atom is -0.395 e. The van der Waals surface area contributed by atoms with Crippen molar-refractivity contribution in [3.63, 3.8) is 0 Å². The topological polar surface area (TPSA) is 61.4 Å². The van der Waals surface area contributed by atoms with Crippen molar-refractivity contribution in [2.24, 2.45) is 0 Å². The monoisotopic (exact) mass is 236 g/mol.